The Morgan fingerprint density at radius 1 is 1.47 bits per heavy atom. The Morgan fingerprint density at radius 2 is 2.06 bits per heavy atom. The standard InChI is InChI=1S/C8H11NO6S2/c1-15-8(12)7(11)6(10)4-2-3-5(16-4)17(9,13)14/h2-3,6-7,10-11H,1H3,(H2,9,13,14). The zero-order chi connectivity index (χ0) is 13.2. The van der Waals surface area contributed by atoms with E-state index >= 15 is 0 Å². The number of hydrogen-bond donors (Lipinski definition) is 3. The number of sulfonamides is 1. The van der Waals surface area contributed by atoms with Gasteiger partial charge in [-0.1, -0.05) is 0 Å². The first-order valence-corrected chi connectivity index (χ1v) is 6.70. The molecule has 17 heavy (non-hydrogen) atoms. The maximum Gasteiger partial charge on any atom is 0.337 e. The van der Waals surface area contributed by atoms with Gasteiger partial charge in [-0.3, -0.25) is 0 Å². The van der Waals surface area contributed by atoms with Crippen molar-refractivity contribution in [3.8, 4) is 0 Å². The van der Waals surface area contributed by atoms with Gasteiger partial charge in [0.15, 0.2) is 6.10 Å². The lowest BCUT2D eigenvalue weighted by atomic mass is 10.2. The van der Waals surface area contributed by atoms with Crippen molar-refractivity contribution in [3.05, 3.63) is 17.0 Å². The molecule has 1 rings (SSSR count). The van der Waals surface area contributed by atoms with Crippen LogP contribution in [0, 0.1) is 0 Å². The molecule has 0 saturated carbocycles. The third-order valence-electron chi connectivity index (χ3n) is 1.92. The summed E-state index contributed by atoms with van der Waals surface area (Å²) in [6, 6.07) is 2.45. The summed E-state index contributed by atoms with van der Waals surface area (Å²) in [6.45, 7) is 0. The van der Waals surface area contributed by atoms with Crippen LogP contribution in [0.3, 0.4) is 0 Å². The van der Waals surface area contributed by atoms with Crippen molar-refractivity contribution < 1.29 is 28.2 Å². The Balaban J connectivity index is 2.95. The quantitative estimate of drug-likeness (QED) is 0.605. The van der Waals surface area contributed by atoms with Gasteiger partial charge in [0.2, 0.25) is 10.0 Å². The lowest BCUT2D eigenvalue weighted by molar-refractivity contribution is -0.156. The van der Waals surface area contributed by atoms with Gasteiger partial charge in [-0.05, 0) is 12.1 Å². The molecule has 0 bridgehead atoms. The number of methoxy groups -OCH3 is 1. The van der Waals surface area contributed by atoms with Crippen molar-refractivity contribution in [1.82, 2.24) is 0 Å². The highest BCUT2D eigenvalue weighted by molar-refractivity contribution is 7.91. The number of carbonyl (C=O) groups is 1. The number of aliphatic hydroxyl groups excluding tert-OH is 2. The number of rotatable bonds is 4. The summed E-state index contributed by atoms with van der Waals surface area (Å²) in [5.74, 6) is -1.01. The van der Waals surface area contributed by atoms with Crippen molar-refractivity contribution >= 4 is 27.3 Å². The van der Waals surface area contributed by atoms with E-state index in [0.29, 0.717) is 11.3 Å². The van der Waals surface area contributed by atoms with Crippen molar-refractivity contribution in [1.29, 1.82) is 0 Å². The Morgan fingerprint density at radius 3 is 2.47 bits per heavy atom. The third kappa shape index (κ3) is 3.23. The Hall–Kier alpha value is -1.00. The average Bonchev–Trinajstić information content (AvgIpc) is 2.74. The lowest BCUT2D eigenvalue weighted by Gasteiger charge is -2.13. The topological polar surface area (TPSA) is 127 Å². The van der Waals surface area contributed by atoms with Crippen molar-refractivity contribution in [2.45, 2.75) is 16.4 Å². The van der Waals surface area contributed by atoms with Gasteiger partial charge in [-0.25, -0.2) is 18.4 Å². The smallest absolute Gasteiger partial charge is 0.337 e. The maximum absolute atomic E-state index is 11.0. The summed E-state index contributed by atoms with van der Waals surface area (Å²) in [6.07, 6.45) is -3.32. The van der Waals surface area contributed by atoms with E-state index in [1.54, 1.807) is 0 Å². The van der Waals surface area contributed by atoms with Crippen molar-refractivity contribution in [3.63, 3.8) is 0 Å². The molecule has 2 atom stereocenters. The van der Waals surface area contributed by atoms with Crippen LogP contribution < -0.4 is 5.14 Å². The second-order valence-electron chi connectivity index (χ2n) is 3.11. The highest BCUT2D eigenvalue weighted by atomic mass is 32.2. The number of primary sulfonamides is 1. The molecule has 0 spiro atoms. The van der Waals surface area contributed by atoms with Gasteiger partial charge in [0, 0.05) is 4.88 Å². The van der Waals surface area contributed by atoms with Crippen LogP contribution >= 0.6 is 11.3 Å². The Kier molecular flexibility index (Phi) is 4.22. The summed E-state index contributed by atoms with van der Waals surface area (Å²) in [5.41, 5.74) is 0. The molecular formula is C8H11NO6S2. The average molecular weight is 281 g/mol. The van der Waals surface area contributed by atoms with Crippen LogP contribution in [0.25, 0.3) is 0 Å². The molecule has 0 radical (unpaired) electrons. The lowest BCUT2D eigenvalue weighted by Crippen LogP contribution is -2.28. The van der Waals surface area contributed by atoms with Crippen LogP contribution in [0.5, 0.6) is 0 Å². The molecule has 1 aromatic heterocycles. The number of aliphatic hydroxyl groups is 2. The minimum Gasteiger partial charge on any atom is -0.467 e. The predicted octanol–water partition coefficient (Wildman–Crippen LogP) is -1.04. The first-order chi connectivity index (χ1) is 7.77. The summed E-state index contributed by atoms with van der Waals surface area (Å²) < 4.78 is 26.0. The molecule has 96 valence electrons. The molecule has 0 aliphatic rings. The van der Waals surface area contributed by atoms with E-state index in [-0.39, 0.29) is 9.09 Å². The second-order valence-corrected chi connectivity index (χ2v) is 6.02. The number of nitrogens with two attached hydrogens (primary N) is 1. The normalized spacial score (nSPS) is 15.3. The van der Waals surface area contributed by atoms with Gasteiger partial charge in [0.05, 0.1) is 7.11 Å². The number of carbonyl (C=O) groups excluding carboxylic acids is 1. The minimum atomic E-state index is -3.86. The number of esters is 1. The van der Waals surface area contributed by atoms with Crippen LogP contribution in [-0.4, -0.2) is 37.8 Å². The molecule has 0 saturated heterocycles. The molecule has 0 aliphatic heterocycles. The van der Waals surface area contributed by atoms with E-state index in [1.165, 1.54) is 12.1 Å². The van der Waals surface area contributed by atoms with Crippen molar-refractivity contribution in [2.75, 3.05) is 7.11 Å². The Labute approximate surface area is 101 Å². The SMILES string of the molecule is COC(=O)C(O)C(O)c1ccc(S(N)(=O)=O)s1. The van der Waals surface area contributed by atoms with Crippen LogP contribution in [0.2, 0.25) is 0 Å². The molecule has 7 nitrogen and oxygen atoms in total. The minimum absolute atomic E-state index is 0.104. The summed E-state index contributed by atoms with van der Waals surface area (Å²) in [4.78, 5) is 11.1. The summed E-state index contributed by atoms with van der Waals surface area (Å²) >= 11 is 0.673. The van der Waals surface area contributed by atoms with E-state index in [2.05, 4.69) is 4.74 Å². The van der Waals surface area contributed by atoms with E-state index in [4.69, 9.17) is 5.14 Å². The van der Waals surface area contributed by atoms with Crippen molar-refractivity contribution in [2.24, 2.45) is 5.14 Å². The zero-order valence-corrected chi connectivity index (χ0v) is 10.4. The second kappa shape index (κ2) is 5.10. The predicted molar refractivity (Wildman–Crippen MR) is 58.7 cm³/mol. The largest absolute Gasteiger partial charge is 0.467 e. The molecule has 1 aromatic rings. The number of ether oxygens (including phenoxy) is 1. The van der Waals surface area contributed by atoms with Crippen LogP contribution in [-0.2, 0) is 19.6 Å². The molecule has 0 aliphatic carbocycles. The van der Waals surface area contributed by atoms with Gasteiger partial charge in [-0.15, -0.1) is 11.3 Å². The van der Waals surface area contributed by atoms with Crippen LogP contribution in [0.1, 0.15) is 11.0 Å². The molecule has 0 aromatic carbocycles. The summed E-state index contributed by atoms with van der Waals surface area (Å²) in [7, 11) is -2.80. The number of thiophene rings is 1. The molecular weight excluding hydrogens is 270 g/mol. The first kappa shape index (κ1) is 14.1. The van der Waals surface area contributed by atoms with Gasteiger partial charge in [0.1, 0.15) is 10.3 Å². The molecule has 9 heteroatoms. The summed E-state index contributed by atoms with van der Waals surface area (Å²) in [5, 5.41) is 23.8. The fraction of sp³-hybridized carbons (Fsp3) is 0.375. The van der Waals surface area contributed by atoms with E-state index < -0.39 is 28.2 Å². The fourth-order valence-electron chi connectivity index (χ4n) is 1.05. The Bertz CT molecular complexity index is 508. The molecule has 4 N–H and O–H groups in total. The molecule has 2 unspecified atom stereocenters. The van der Waals surface area contributed by atoms with E-state index in [0.717, 1.165) is 7.11 Å². The highest BCUT2D eigenvalue weighted by Crippen LogP contribution is 2.28. The molecule has 1 heterocycles. The van der Waals surface area contributed by atoms with Gasteiger partial charge in [0.25, 0.3) is 0 Å². The van der Waals surface area contributed by atoms with E-state index in [9.17, 15) is 23.4 Å². The van der Waals surface area contributed by atoms with Gasteiger partial charge < -0.3 is 14.9 Å². The number of hydrogen-bond acceptors (Lipinski definition) is 7. The van der Waals surface area contributed by atoms with Crippen LogP contribution in [0.15, 0.2) is 16.3 Å². The third-order valence-corrected chi connectivity index (χ3v) is 4.51. The fourth-order valence-corrected chi connectivity index (χ4v) is 2.82. The first-order valence-electron chi connectivity index (χ1n) is 4.34. The monoisotopic (exact) mass is 281 g/mol. The van der Waals surface area contributed by atoms with E-state index in [1.807, 2.05) is 0 Å². The molecule has 0 fully saturated rings. The van der Waals surface area contributed by atoms with Gasteiger partial charge in [-0.2, -0.15) is 0 Å². The highest BCUT2D eigenvalue weighted by Gasteiger charge is 2.28. The van der Waals surface area contributed by atoms with Gasteiger partial charge >= 0.3 is 5.97 Å². The zero-order valence-electron chi connectivity index (χ0n) is 8.73. The maximum atomic E-state index is 11.0. The molecule has 0 amide bonds. The van der Waals surface area contributed by atoms with Crippen LogP contribution in [0.4, 0.5) is 0 Å².